The summed E-state index contributed by atoms with van der Waals surface area (Å²) in [7, 11) is 0. The predicted molar refractivity (Wildman–Crippen MR) is 103 cm³/mol. The predicted octanol–water partition coefficient (Wildman–Crippen LogP) is 5.35. The van der Waals surface area contributed by atoms with Crippen LogP contribution in [-0.2, 0) is 9.47 Å². The normalized spacial score (nSPS) is 18.0. The Labute approximate surface area is 166 Å². The fraction of sp³-hybridized carbons (Fsp3) is 0.526. The molecule has 1 saturated carbocycles. The Morgan fingerprint density at radius 2 is 1.96 bits per heavy atom. The van der Waals surface area contributed by atoms with Crippen molar-refractivity contribution in [2.45, 2.75) is 50.6 Å². The van der Waals surface area contributed by atoms with Gasteiger partial charge in [0, 0.05) is 16.4 Å². The number of benzene rings is 1. The monoisotopic (exact) mass is 480 g/mol. The van der Waals surface area contributed by atoms with Crippen LogP contribution in [0.4, 0.5) is 8.78 Å². The summed E-state index contributed by atoms with van der Waals surface area (Å²) >= 11 is 2.09. The second kappa shape index (κ2) is 9.01. The van der Waals surface area contributed by atoms with E-state index in [2.05, 4.69) is 29.2 Å². The maximum absolute atomic E-state index is 13.5. The van der Waals surface area contributed by atoms with Crippen LogP contribution in [0.5, 0.6) is 5.75 Å². The fourth-order valence-electron chi connectivity index (χ4n) is 2.92. The molecule has 0 aromatic heterocycles. The van der Waals surface area contributed by atoms with Crippen LogP contribution in [0.25, 0.3) is 0 Å². The molecule has 0 heterocycles. The summed E-state index contributed by atoms with van der Waals surface area (Å²) in [5.41, 5.74) is -0.552. The van der Waals surface area contributed by atoms with Gasteiger partial charge in [0.05, 0.1) is 6.26 Å². The van der Waals surface area contributed by atoms with Crippen molar-refractivity contribution in [3.63, 3.8) is 0 Å². The van der Waals surface area contributed by atoms with Gasteiger partial charge in [-0.15, -0.1) is 0 Å². The van der Waals surface area contributed by atoms with Crippen LogP contribution in [0.15, 0.2) is 31.0 Å². The topological polar surface area (TPSA) is 44.8 Å². The number of esters is 1. The molecule has 0 saturated heterocycles. The molecule has 7 heteroatoms. The van der Waals surface area contributed by atoms with Crippen molar-refractivity contribution >= 4 is 28.6 Å². The first-order chi connectivity index (χ1) is 12.3. The Hall–Kier alpha value is -1.38. The van der Waals surface area contributed by atoms with E-state index in [0.29, 0.717) is 24.3 Å². The summed E-state index contributed by atoms with van der Waals surface area (Å²) in [6.07, 6.45) is 1.62. The second-order valence-corrected chi connectivity index (χ2v) is 7.55. The minimum atomic E-state index is -2.67. The van der Waals surface area contributed by atoms with E-state index < -0.39 is 17.5 Å². The first kappa shape index (κ1) is 20.9. The third kappa shape index (κ3) is 5.56. The highest BCUT2D eigenvalue weighted by molar-refractivity contribution is 14.1. The molecule has 0 aliphatic heterocycles. The molecule has 1 aromatic carbocycles. The van der Waals surface area contributed by atoms with Gasteiger partial charge in [-0.25, -0.2) is 13.6 Å². The minimum Gasteiger partial charge on any atom is -0.498 e. The van der Waals surface area contributed by atoms with Gasteiger partial charge in [0.1, 0.15) is 30.1 Å². The first-order valence-corrected chi connectivity index (χ1v) is 9.65. The van der Waals surface area contributed by atoms with Crippen molar-refractivity contribution in [2.24, 2.45) is 0 Å². The molecule has 0 atom stereocenters. The van der Waals surface area contributed by atoms with Crippen molar-refractivity contribution in [1.82, 2.24) is 0 Å². The quantitative estimate of drug-likeness (QED) is 0.218. The molecule has 2 rings (SSSR count). The maximum atomic E-state index is 13.5. The van der Waals surface area contributed by atoms with E-state index in [0.717, 1.165) is 3.57 Å². The number of carbonyl (C=O) groups is 1. The van der Waals surface area contributed by atoms with Gasteiger partial charge < -0.3 is 14.2 Å². The number of rotatable bonds is 8. The fourth-order valence-corrected chi connectivity index (χ4v) is 3.41. The zero-order valence-electron chi connectivity index (χ0n) is 14.7. The van der Waals surface area contributed by atoms with E-state index in [1.165, 1.54) is 6.26 Å². The number of ether oxygens (including phenoxy) is 3. The van der Waals surface area contributed by atoms with Gasteiger partial charge in [-0.05, 0) is 60.1 Å². The molecule has 1 aliphatic carbocycles. The smallest absolute Gasteiger partial charge is 0.342 e. The Bertz CT molecular complexity index is 638. The van der Waals surface area contributed by atoms with Gasteiger partial charge in [0.15, 0.2) is 0 Å². The van der Waals surface area contributed by atoms with E-state index in [9.17, 15) is 13.6 Å². The van der Waals surface area contributed by atoms with Crippen LogP contribution >= 0.6 is 22.6 Å². The summed E-state index contributed by atoms with van der Waals surface area (Å²) in [6.45, 7) is 5.86. The standard InChI is InChI=1S/C19H23F2IO4/c1-3-18(7-9-19(20,21)10-8-18)26-17(23)15-13-14(22)5-6-16(15)25-12-11-24-4-2/h4-6,13H,2-3,7-12H2,1H3. The van der Waals surface area contributed by atoms with Crippen LogP contribution in [0, 0.1) is 3.57 Å². The van der Waals surface area contributed by atoms with Crippen LogP contribution in [0.2, 0.25) is 0 Å². The number of hydrogen-bond acceptors (Lipinski definition) is 4. The lowest BCUT2D eigenvalue weighted by Gasteiger charge is -2.39. The number of halogens is 3. The van der Waals surface area contributed by atoms with Crippen molar-refractivity contribution < 1.29 is 27.8 Å². The van der Waals surface area contributed by atoms with E-state index >= 15 is 0 Å². The lowest BCUT2D eigenvalue weighted by molar-refractivity contribution is -0.111. The number of alkyl halides is 2. The Kier molecular flexibility index (Phi) is 7.25. The van der Waals surface area contributed by atoms with Crippen LogP contribution in [-0.4, -0.2) is 30.7 Å². The van der Waals surface area contributed by atoms with Gasteiger partial charge in [-0.1, -0.05) is 13.5 Å². The molecule has 0 spiro atoms. The van der Waals surface area contributed by atoms with Crippen LogP contribution in [0.3, 0.4) is 0 Å². The molecule has 0 N–H and O–H groups in total. The largest absolute Gasteiger partial charge is 0.498 e. The molecule has 0 radical (unpaired) electrons. The second-order valence-electron chi connectivity index (χ2n) is 6.31. The lowest BCUT2D eigenvalue weighted by Crippen LogP contribution is -2.42. The summed E-state index contributed by atoms with van der Waals surface area (Å²) < 4.78 is 44.2. The van der Waals surface area contributed by atoms with Gasteiger partial charge in [-0.2, -0.15) is 0 Å². The highest BCUT2D eigenvalue weighted by Gasteiger charge is 2.45. The third-order valence-electron chi connectivity index (χ3n) is 4.58. The highest BCUT2D eigenvalue weighted by atomic mass is 127. The molecule has 144 valence electrons. The molecule has 1 aromatic rings. The minimum absolute atomic E-state index is 0.162. The molecule has 4 nitrogen and oxygen atoms in total. The third-order valence-corrected chi connectivity index (χ3v) is 5.26. The SMILES string of the molecule is C=COCCOc1ccc(I)cc1C(=O)OC1(CC)CCC(F)(F)CC1. The average Bonchev–Trinajstić information content (AvgIpc) is 2.62. The molecular formula is C19H23F2IO4. The zero-order chi connectivity index (χ0) is 19.2. The van der Waals surface area contributed by atoms with Gasteiger partial charge >= 0.3 is 5.97 Å². The van der Waals surface area contributed by atoms with E-state index in [-0.39, 0.29) is 32.3 Å². The molecule has 1 aliphatic rings. The molecular weight excluding hydrogens is 457 g/mol. The van der Waals surface area contributed by atoms with Crippen molar-refractivity contribution in [2.75, 3.05) is 13.2 Å². The Balaban J connectivity index is 2.12. The lowest BCUT2D eigenvalue weighted by atomic mass is 9.81. The molecule has 0 bridgehead atoms. The average molecular weight is 480 g/mol. The first-order valence-electron chi connectivity index (χ1n) is 8.57. The number of hydrogen-bond donors (Lipinski definition) is 0. The highest BCUT2D eigenvalue weighted by Crippen LogP contribution is 2.42. The Morgan fingerprint density at radius 3 is 2.58 bits per heavy atom. The maximum Gasteiger partial charge on any atom is 0.342 e. The molecule has 0 amide bonds. The van der Waals surface area contributed by atoms with Gasteiger partial charge in [0.25, 0.3) is 0 Å². The summed E-state index contributed by atoms with van der Waals surface area (Å²) in [4.78, 5) is 12.8. The van der Waals surface area contributed by atoms with Crippen molar-refractivity contribution in [3.8, 4) is 5.75 Å². The van der Waals surface area contributed by atoms with Gasteiger partial charge in [-0.3, -0.25) is 0 Å². The van der Waals surface area contributed by atoms with Gasteiger partial charge in [0.2, 0.25) is 5.92 Å². The van der Waals surface area contributed by atoms with E-state index in [1.807, 2.05) is 13.0 Å². The molecule has 1 fully saturated rings. The zero-order valence-corrected chi connectivity index (χ0v) is 16.9. The summed E-state index contributed by atoms with van der Waals surface area (Å²) in [5.74, 6) is -2.84. The van der Waals surface area contributed by atoms with Crippen LogP contribution in [0.1, 0.15) is 49.4 Å². The van der Waals surface area contributed by atoms with E-state index in [4.69, 9.17) is 14.2 Å². The summed E-state index contributed by atoms with van der Waals surface area (Å²) in [6, 6.07) is 5.19. The molecule has 0 unspecified atom stereocenters. The Morgan fingerprint density at radius 1 is 1.27 bits per heavy atom. The van der Waals surface area contributed by atoms with Crippen LogP contribution < -0.4 is 4.74 Å². The van der Waals surface area contributed by atoms with E-state index in [1.54, 1.807) is 12.1 Å². The summed E-state index contributed by atoms with van der Waals surface area (Å²) in [5, 5.41) is 0. The number of carbonyl (C=O) groups excluding carboxylic acids is 1. The van der Waals surface area contributed by atoms with Crippen molar-refractivity contribution in [3.05, 3.63) is 40.2 Å². The van der Waals surface area contributed by atoms with Crippen molar-refractivity contribution in [1.29, 1.82) is 0 Å². The molecule has 26 heavy (non-hydrogen) atoms.